The zero-order valence-electron chi connectivity index (χ0n) is 14.8. The molecule has 0 radical (unpaired) electrons. The number of nitrogens with two attached hydrogens (primary N) is 1. The van der Waals surface area contributed by atoms with Crippen molar-refractivity contribution in [2.24, 2.45) is 0 Å². The highest BCUT2D eigenvalue weighted by molar-refractivity contribution is 5.69. The Morgan fingerprint density at radius 3 is 2.72 bits per heavy atom. The summed E-state index contributed by atoms with van der Waals surface area (Å²) in [6.07, 6.45) is 0.719. The molecule has 0 amide bonds. The zero-order chi connectivity index (χ0) is 18.1. The minimum Gasteiger partial charge on any atom is -0.382 e. The zero-order valence-corrected chi connectivity index (χ0v) is 14.8. The molecule has 7 nitrogen and oxygen atoms in total. The van der Waals surface area contributed by atoms with E-state index in [0.29, 0.717) is 22.8 Å². The first-order valence-corrected chi connectivity index (χ1v) is 8.15. The van der Waals surface area contributed by atoms with Gasteiger partial charge in [-0.05, 0) is 39.8 Å². The van der Waals surface area contributed by atoms with Crippen LogP contribution in [0.4, 0.5) is 11.6 Å². The van der Waals surface area contributed by atoms with Crippen LogP contribution in [0.1, 0.15) is 35.1 Å². The van der Waals surface area contributed by atoms with Crippen molar-refractivity contribution in [1.82, 2.24) is 19.6 Å². The highest BCUT2D eigenvalue weighted by Gasteiger charge is 2.18. The Kier molecular flexibility index (Phi) is 4.28. The lowest BCUT2D eigenvalue weighted by atomic mass is 10.1. The van der Waals surface area contributed by atoms with Gasteiger partial charge in [-0.2, -0.15) is 14.9 Å². The van der Waals surface area contributed by atoms with Crippen LogP contribution in [0.15, 0.2) is 18.2 Å². The van der Waals surface area contributed by atoms with Crippen molar-refractivity contribution in [2.45, 2.75) is 40.2 Å². The Morgan fingerprint density at radius 2 is 2.04 bits per heavy atom. The number of hydrogen-bond acceptors (Lipinski definition) is 6. The van der Waals surface area contributed by atoms with Crippen LogP contribution in [0.25, 0.3) is 5.65 Å². The van der Waals surface area contributed by atoms with Crippen molar-refractivity contribution in [3.63, 3.8) is 0 Å². The van der Waals surface area contributed by atoms with Gasteiger partial charge in [-0.15, -0.1) is 0 Å². The first-order chi connectivity index (χ1) is 11.9. The number of nitriles is 1. The Bertz CT molecular complexity index is 981. The van der Waals surface area contributed by atoms with Gasteiger partial charge in [0.15, 0.2) is 11.5 Å². The monoisotopic (exact) mass is 335 g/mol. The minimum atomic E-state index is 0.0417. The fraction of sp³-hybridized carbons (Fsp3) is 0.333. The molecule has 0 aliphatic rings. The smallest absolute Gasteiger partial charge is 0.162 e. The maximum atomic E-state index is 9.51. The second-order valence-electron chi connectivity index (χ2n) is 6.30. The third kappa shape index (κ3) is 3.11. The third-order valence-corrected chi connectivity index (χ3v) is 4.22. The molecule has 0 aliphatic heterocycles. The number of aromatic nitrogens is 4. The molecular formula is C18H21N7. The van der Waals surface area contributed by atoms with E-state index in [0.717, 1.165) is 29.1 Å². The van der Waals surface area contributed by atoms with Crippen LogP contribution in [-0.2, 0) is 6.42 Å². The number of pyridine rings is 1. The predicted octanol–water partition coefficient (Wildman–Crippen LogP) is 2.55. The molecule has 1 atom stereocenters. The summed E-state index contributed by atoms with van der Waals surface area (Å²) < 4.78 is 1.53. The molecule has 7 heteroatoms. The van der Waals surface area contributed by atoms with Gasteiger partial charge in [0.25, 0.3) is 0 Å². The number of anilines is 2. The predicted molar refractivity (Wildman–Crippen MR) is 97.4 cm³/mol. The molecule has 0 aromatic carbocycles. The normalized spacial score (nSPS) is 12.1. The van der Waals surface area contributed by atoms with Crippen molar-refractivity contribution in [2.75, 3.05) is 11.1 Å². The summed E-state index contributed by atoms with van der Waals surface area (Å²) in [5.74, 6) is 0.780. The van der Waals surface area contributed by atoms with E-state index in [4.69, 9.17) is 5.73 Å². The lowest BCUT2D eigenvalue weighted by Gasteiger charge is -2.16. The quantitative estimate of drug-likeness (QED) is 0.759. The van der Waals surface area contributed by atoms with Crippen molar-refractivity contribution >= 4 is 17.3 Å². The summed E-state index contributed by atoms with van der Waals surface area (Å²) in [4.78, 5) is 9.11. The molecule has 0 unspecified atom stereocenters. The van der Waals surface area contributed by atoms with Crippen LogP contribution in [0.3, 0.4) is 0 Å². The first-order valence-electron chi connectivity index (χ1n) is 8.15. The largest absolute Gasteiger partial charge is 0.382 e. The number of rotatable bonds is 4. The summed E-state index contributed by atoms with van der Waals surface area (Å²) >= 11 is 0. The molecule has 0 saturated heterocycles. The van der Waals surface area contributed by atoms with Gasteiger partial charge in [0.2, 0.25) is 0 Å². The molecule has 3 heterocycles. The van der Waals surface area contributed by atoms with Gasteiger partial charge in [-0.25, -0.2) is 4.98 Å². The lowest BCUT2D eigenvalue weighted by Crippen LogP contribution is -2.21. The first kappa shape index (κ1) is 16.7. The summed E-state index contributed by atoms with van der Waals surface area (Å²) in [7, 11) is 0. The molecule has 0 saturated carbocycles. The highest BCUT2D eigenvalue weighted by atomic mass is 15.3. The van der Waals surface area contributed by atoms with Crippen molar-refractivity contribution in [3.8, 4) is 6.07 Å². The van der Waals surface area contributed by atoms with E-state index in [1.807, 2.05) is 45.9 Å². The summed E-state index contributed by atoms with van der Waals surface area (Å²) in [6.45, 7) is 7.84. The van der Waals surface area contributed by atoms with Crippen LogP contribution in [0.5, 0.6) is 0 Å². The number of hydrogen-bond donors (Lipinski definition) is 2. The SMILES string of the molecule is Cc1cccc(C[C@@H](C)Nc2nc3c(C)c(C)nn3c(N)c2C#N)n1. The van der Waals surface area contributed by atoms with Crippen LogP contribution in [0, 0.1) is 32.1 Å². The number of nitrogen functional groups attached to an aromatic ring is 1. The summed E-state index contributed by atoms with van der Waals surface area (Å²) in [5.41, 5.74) is 10.9. The van der Waals surface area contributed by atoms with Crippen molar-refractivity contribution in [1.29, 1.82) is 5.26 Å². The molecule has 3 aromatic rings. The van der Waals surface area contributed by atoms with E-state index in [2.05, 4.69) is 26.5 Å². The second kappa shape index (κ2) is 6.40. The van der Waals surface area contributed by atoms with E-state index in [-0.39, 0.29) is 6.04 Å². The molecule has 0 bridgehead atoms. The van der Waals surface area contributed by atoms with Crippen molar-refractivity contribution in [3.05, 3.63) is 46.4 Å². The van der Waals surface area contributed by atoms with E-state index >= 15 is 0 Å². The number of fused-ring (bicyclic) bond motifs is 1. The molecule has 0 spiro atoms. The van der Waals surface area contributed by atoms with Gasteiger partial charge in [0.05, 0.1) is 5.69 Å². The van der Waals surface area contributed by atoms with Gasteiger partial charge in [-0.3, -0.25) is 4.98 Å². The Morgan fingerprint density at radius 1 is 1.28 bits per heavy atom. The molecule has 25 heavy (non-hydrogen) atoms. The molecule has 3 rings (SSSR count). The molecule has 0 aliphatic carbocycles. The van der Waals surface area contributed by atoms with E-state index in [9.17, 15) is 5.26 Å². The highest BCUT2D eigenvalue weighted by Crippen LogP contribution is 2.24. The van der Waals surface area contributed by atoms with Crippen LogP contribution >= 0.6 is 0 Å². The van der Waals surface area contributed by atoms with E-state index in [1.165, 1.54) is 4.52 Å². The summed E-state index contributed by atoms with van der Waals surface area (Å²) in [5, 5.41) is 17.2. The fourth-order valence-corrected chi connectivity index (χ4v) is 2.81. The standard InChI is InChI=1S/C18H21N7/c1-10-6-5-7-14(21-10)8-11(2)22-17-15(9-19)16(20)25-18(23-17)12(3)13(4)24-25/h5-7,11H,8,20H2,1-4H3,(H,22,23)/t11-/m1/s1. The Hall–Kier alpha value is -3.14. The van der Waals surface area contributed by atoms with Crippen LogP contribution in [0.2, 0.25) is 0 Å². The maximum absolute atomic E-state index is 9.51. The molecule has 3 aromatic heterocycles. The van der Waals surface area contributed by atoms with E-state index < -0.39 is 0 Å². The van der Waals surface area contributed by atoms with E-state index in [1.54, 1.807) is 0 Å². The van der Waals surface area contributed by atoms with Gasteiger partial charge < -0.3 is 11.1 Å². The summed E-state index contributed by atoms with van der Waals surface area (Å²) in [6, 6.07) is 8.13. The molecular weight excluding hydrogens is 314 g/mol. The van der Waals surface area contributed by atoms with Gasteiger partial charge >= 0.3 is 0 Å². The average molecular weight is 335 g/mol. The lowest BCUT2D eigenvalue weighted by molar-refractivity contribution is 0.761. The fourth-order valence-electron chi connectivity index (χ4n) is 2.81. The van der Waals surface area contributed by atoms with Crippen LogP contribution < -0.4 is 11.1 Å². The average Bonchev–Trinajstić information content (AvgIpc) is 2.83. The number of nitrogens with zero attached hydrogens (tertiary/aromatic N) is 5. The maximum Gasteiger partial charge on any atom is 0.162 e. The van der Waals surface area contributed by atoms with Crippen LogP contribution in [-0.4, -0.2) is 25.6 Å². The second-order valence-corrected chi connectivity index (χ2v) is 6.30. The number of aryl methyl sites for hydroxylation is 3. The topological polar surface area (TPSA) is 105 Å². The number of nitrogens with one attached hydrogen (secondary N) is 1. The Labute approximate surface area is 146 Å². The molecule has 128 valence electrons. The molecule has 0 fully saturated rings. The Balaban J connectivity index is 1.95. The third-order valence-electron chi connectivity index (χ3n) is 4.22. The van der Waals surface area contributed by atoms with Crippen molar-refractivity contribution < 1.29 is 0 Å². The van der Waals surface area contributed by atoms with Gasteiger partial charge in [0, 0.05) is 29.4 Å². The van der Waals surface area contributed by atoms with Gasteiger partial charge in [0.1, 0.15) is 17.5 Å². The minimum absolute atomic E-state index is 0.0417. The molecule has 3 N–H and O–H groups in total. The van der Waals surface area contributed by atoms with Gasteiger partial charge in [-0.1, -0.05) is 6.07 Å².